The van der Waals surface area contributed by atoms with Crippen LogP contribution in [0.2, 0.25) is 0 Å². The third kappa shape index (κ3) is 5.71. The molecule has 5 heteroatoms. The van der Waals surface area contributed by atoms with E-state index >= 15 is 0 Å². The van der Waals surface area contributed by atoms with Crippen LogP contribution in [0.3, 0.4) is 0 Å². The van der Waals surface area contributed by atoms with Gasteiger partial charge in [0.25, 0.3) is 0 Å². The van der Waals surface area contributed by atoms with Crippen molar-refractivity contribution in [1.29, 1.82) is 0 Å². The molecule has 158 valence electrons. The van der Waals surface area contributed by atoms with Gasteiger partial charge in [0.1, 0.15) is 11.5 Å². The van der Waals surface area contributed by atoms with Crippen LogP contribution in [-0.4, -0.2) is 31.6 Å². The smallest absolute Gasteiger partial charge is 0.199 e. The summed E-state index contributed by atoms with van der Waals surface area (Å²) in [5.41, 5.74) is 1.43. The third-order valence-corrected chi connectivity index (χ3v) is 5.24. The number of allylic oxidation sites excluding steroid dienone is 1. The molecule has 4 rings (SSSR count). The largest absolute Gasteiger partial charge is 0.465 e. The maximum Gasteiger partial charge on any atom is 0.199 e. The highest BCUT2D eigenvalue weighted by molar-refractivity contribution is 6.08. The molecule has 30 heavy (non-hydrogen) atoms. The number of rotatable bonds is 7. The van der Waals surface area contributed by atoms with Crippen molar-refractivity contribution >= 4 is 11.9 Å². The molecule has 2 heterocycles. The van der Waals surface area contributed by atoms with Gasteiger partial charge in [-0.25, -0.2) is 0 Å². The van der Waals surface area contributed by atoms with E-state index in [2.05, 4.69) is 0 Å². The number of hydrogen-bond donors (Lipinski definition) is 0. The Balaban J connectivity index is 1.54. The summed E-state index contributed by atoms with van der Waals surface area (Å²) in [5.74, 6) is 0.983. The van der Waals surface area contributed by atoms with E-state index < -0.39 is 0 Å². The quantitative estimate of drug-likeness (QED) is 0.454. The first-order chi connectivity index (χ1) is 14.8. The molecule has 2 unspecified atom stereocenters. The molecule has 5 nitrogen and oxygen atoms in total. The van der Waals surface area contributed by atoms with Gasteiger partial charge in [0.2, 0.25) is 0 Å². The van der Waals surface area contributed by atoms with Crippen LogP contribution in [0.15, 0.2) is 54.6 Å². The summed E-state index contributed by atoms with van der Waals surface area (Å²) < 4.78 is 23.4. The summed E-state index contributed by atoms with van der Waals surface area (Å²) >= 11 is 0. The molecular formula is C25H28O5. The van der Waals surface area contributed by atoms with E-state index in [9.17, 15) is 4.79 Å². The Morgan fingerprint density at radius 3 is 2.23 bits per heavy atom. The molecule has 2 fully saturated rings. The minimum Gasteiger partial charge on any atom is -0.465 e. The fourth-order valence-electron chi connectivity index (χ4n) is 3.61. The fraction of sp³-hybridized carbons (Fsp3) is 0.400. The molecule has 2 aliphatic rings. The van der Waals surface area contributed by atoms with Gasteiger partial charge < -0.3 is 18.9 Å². The summed E-state index contributed by atoms with van der Waals surface area (Å²) in [6, 6.07) is 15.1. The van der Waals surface area contributed by atoms with Gasteiger partial charge in [-0.2, -0.15) is 0 Å². The summed E-state index contributed by atoms with van der Waals surface area (Å²) in [7, 11) is 0. The van der Waals surface area contributed by atoms with Gasteiger partial charge >= 0.3 is 0 Å². The average molecular weight is 408 g/mol. The molecule has 2 saturated heterocycles. The highest BCUT2D eigenvalue weighted by atomic mass is 16.7. The Labute approximate surface area is 177 Å². The van der Waals surface area contributed by atoms with E-state index in [1.807, 2.05) is 36.4 Å². The summed E-state index contributed by atoms with van der Waals surface area (Å²) in [5, 5.41) is 0. The van der Waals surface area contributed by atoms with Crippen LogP contribution < -0.4 is 9.47 Å². The van der Waals surface area contributed by atoms with Crippen molar-refractivity contribution in [2.45, 2.75) is 51.1 Å². The molecule has 0 spiro atoms. The maximum atomic E-state index is 13.0. The van der Waals surface area contributed by atoms with Crippen LogP contribution in [0.1, 0.15) is 54.4 Å². The zero-order valence-electron chi connectivity index (χ0n) is 17.1. The van der Waals surface area contributed by atoms with E-state index in [1.54, 1.807) is 24.3 Å². The lowest BCUT2D eigenvalue weighted by Gasteiger charge is -2.25. The molecule has 2 aromatic carbocycles. The van der Waals surface area contributed by atoms with E-state index in [0.717, 1.165) is 44.1 Å². The van der Waals surface area contributed by atoms with Crippen LogP contribution in [0.4, 0.5) is 0 Å². The Kier molecular flexibility index (Phi) is 7.16. The molecule has 2 atom stereocenters. The first-order valence-electron chi connectivity index (χ1n) is 10.8. The fourth-order valence-corrected chi connectivity index (χ4v) is 3.61. The second-order valence-corrected chi connectivity index (χ2v) is 7.59. The molecule has 0 bridgehead atoms. The average Bonchev–Trinajstić information content (AvgIpc) is 2.80. The molecule has 0 saturated carbocycles. The predicted octanol–water partition coefficient (Wildman–Crippen LogP) is 5.39. The van der Waals surface area contributed by atoms with Crippen molar-refractivity contribution in [2.75, 3.05) is 13.2 Å². The number of hydrogen-bond acceptors (Lipinski definition) is 5. The van der Waals surface area contributed by atoms with Crippen LogP contribution in [-0.2, 0) is 9.47 Å². The van der Waals surface area contributed by atoms with Gasteiger partial charge in [-0.15, -0.1) is 0 Å². The molecule has 2 aliphatic heterocycles. The van der Waals surface area contributed by atoms with Crippen molar-refractivity contribution in [3.63, 3.8) is 0 Å². The number of carbonyl (C=O) groups is 1. The minimum absolute atomic E-state index is 0.139. The lowest BCUT2D eigenvalue weighted by Crippen LogP contribution is -2.26. The number of ether oxygens (including phenoxy) is 4. The predicted molar refractivity (Wildman–Crippen MR) is 115 cm³/mol. The second-order valence-electron chi connectivity index (χ2n) is 7.59. The van der Waals surface area contributed by atoms with Gasteiger partial charge in [0.05, 0.1) is 18.8 Å². The Morgan fingerprint density at radius 1 is 0.867 bits per heavy atom. The SMILES string of the molecule is O=C(/C=C/c1ccccc1)c1cc(OC2CCCCO2)ccc1OC1CCCCO1. The molecular weight excluding hydrogens is 380 g/mol. The Morgan fingerprint density at radius 2 is 1.57 bits per heavy atom. The Hall–Kier alpha value is -2.63. The lowest BCUT2D eigenvalue weighted by atomic mass is 10.1. The lowest BCUT2D eigenvalue weighted by molar-refractivity contribution is -0.107. The molecule has 0 aliphatic carbocycles. The molecule has 0 amide bonds. The van der Waals surface area contributed by atoms with Gasteiger partial charge in [-0.1, -0.05) is 36.4 Å². The van der Waals surface area contributed by atoms with E-state index in [-0.39, 0.29) is 18.4 Å². The van der Waals surface area contributed by atoms with E-state index in [4.69, 9.17) is 18.9 Å². The normalized spacial score (nSPS) is 22.0. The van der Waals surface area contributed by atoms with Crippen molar-refractivity contribution < 1.29 is 23.7 Å². The summed E-state index contributed by atoms with van der Waals surface area (Å²) in [6.07, 6.45) is 8.70. The van der Waals surface area contributed by atoms with Gasteiger partial charge in [-0.3, -0.25) is 4.79 Å². The monoisotopic (exact) mass is 408 g/mol. The first-order valence-corrected chi connectivity index (χ1v) is 10.8. The van der Waals surface area contributed by atoms with Gasteiger partial charge in [0, 0.05) is 12.8 Å². The van der Waals surface area contributed by atoms with Crippen molar-refractivity contribution in [3.05, 3.63) is 65.7 Å². The standard InChI is InChI=1S/C25H28O5/c26-22(14-12-19-8-2-1-3-9-19)21-18-20(29-24-10-4-6-16-27-24)13-15-23(21)30-25-11-5-7-17-28-25/h1-3,8-9,12-15,18,24-25H,4-7,10-11,16-17H2/b14-12+. The summed E-state index contributed by atoms with van der Waals surface area (Å²) in [4.78, 5) is 13.0. The van der Waals surface area contributed by atoms with Crippen molar-refractivity contribution in [1.82, 2.24) is 0 Å². The first kappa shape index (κ1) is 20.6. The van der Waals surface area contributed by atoms with Crippen LogP contribution in [0.25, 0.3) is 6.08 Å². The van der Waals surface area contributed by atoms with Gasteiger partial charge in [0.15, 0.2) is 18.4 Å². The maximum absolute atomic E-state index is 13.0. The number of benzene rings is 2. The third-order valence-electron chi connectivity index (χ3n) is 5.24. The molecule has 0 N–H and O–H groups in total. The molecule has 0 aromatic heterocycles. The van der Waals surface area contributed by atoms with Crippen LogP contribution >= 0.6 is 0 Å². The highest BCUT2D eigenvalue weighted by Gasteiger charge is 2.21. The van der Waals surface area contributed by atoms with Crippen molar-refractivity contribution in [2.24, 2.45) is 0 Å². The Bertz CT molecular complexity index is 849. The van der Waals surface area contributed by atoms with Gasteiger partial charge in [-0.05, 0) is 55.5 Å². The van der Waals surface area contributed by atoms with E-state index in [0.29, 0.717) is 30.3 Å². The van der Waals surface area contributed by atoms with Crippen LogP contribution in [0, 0.1) is 0 Å². The highest BCUT2D eigenvalue weighted by Crippen LogP contribution is 2.29. The van der Waals surface area contributed by atoms with Crippen LogP contribution in [0.5, 0.6) is 11.5 Å². The number of carbonyl (C=O) groups excluding carboxylic acids is 1. The zero-order chi connectivity index (χ0) is 20.6. The summed E-state index contributed by atoms with van der Waals surface area (Å²) in [6.45, 7) is 1.39. The minimum atomic E-state index is -0.322. The topological polar surface area (TPSA) is 54.0 Å². The molecule has 0 radical (unpaired) electrons. The number of ketones is 1. The van der Waals surface area contributed by atoms with Crippen molar-refractivity contribution in [3.8, 4) is 11.5 Å². The second kappa shape index (κ2) is 10.4. The van der Waals surface area contributed by atoms with E-state index in [1.165, 1.54) is 0 Å². The zero-order valence-corrected chi connectivity index (χ0v) is 17.1. The molecule has 2 aromatic rings.